The number of anilines is 1. The SMILES string of the molecule is Cc1ccc(N2CCC3(CC2)C(=O)N(C(C)C)CCN3C)nn1.O=C(O)C(F)(F)F. The van der Waals surface area contributed by atoms with Gasteiger partial charge in [-0.2, -0.15) is 18.3 Å². The van der Waals surface area contributed by atoms with E-state index in [0.29, 0.717) is 5.91 Å². The quantitative estimate of drug-likeness (QED) is 0.765. The highest BCUT2D eigenvalue weighted by atomic mass is 19.4. The Hall–Kier alpha value is -2.43. The third kappa shape index (κ3) is 5.18. The topological polar surface area (TPSA) is 89.9 Å². The summed E-state index contributed by atoms with van der Waals surface area (Å²) in [5, 5.41) is 15.6. The van der Waals surface area contributed by atoms with E-state index in [-0.39, 0.29) is 11.6 Å². The van der Waals surface area contributed by atoms with Crippen LogP contribution in [0.3, 0.4) is 0 Å². The minimum absolute atomic E-state index is 0.272. The van der Waals surface area contributed by atoms with E-state index in [0.717, 1.165) is 50.5 Å². The first kappa shape index (κ1) is 23.8. The minimum Gasteiger partial charge on any atom is -0.475 e. The van der Waals surface area contributed by atoms with Crippen molar-refractivity contribution in [1.82, 2.24) is 20.0 Å². The van der Waals surface area contributed by atoms with Crippen molar-refractivity contribution in [1.29, 1.82) is 0 Å². The number of piperazine rings is 1. The average molecular weight is 431 g/mol. The number of hydrogen-bond acceptors (Lipinski definition) is 6. The van der Waals surface area contributed by atoms with Gasteiger partial charge in [0.25, 0.3) is 0 Å². The summed E-state index contributed by atoms with van der Waals surface area (Å²) in [6.07, 6.45) is -3.39. The summed E-state index contributed by atoms with van der Waals surface area (Å²) in [6.45, 7) is 9.63. The molecule has 0 aliphatic carbocycles. The lowest BCUT2D eigenvalue weighted by molar-refractivity contribution is -0.192. The second-order valence-corrected chi connectivity index (χ2v) is 7.87. The van der Waals surface area contributed by atoms with Gasteiger partial charge in [0, 0.05) is 32.2 Å². The van der Waals surface area contributed by atoms with Gasteiger partial charge >= 0.3 is 12.1 Å². The number of carbonyl (C=O) groups is 2. The van der Waals surface area contributed by atoms with E-state index in [1.54, 1.807) is 0 Å². The molecule has 8 nitrogen and oxygen atoms in total. The normalized spacial score (nSPS) is 19.7. The van der Waals surface area contributed by atoms with Crippen LogP contribution in [-0.2, 0) is 9.59 Å². The van der Waals surface area contributed by atoms with Crippen LogP contribution in [0.4, 0.5) is 19.0 Å². The second-order valence-electron chi connectivity index (χ2n) is 7.87. The molecule has 0 saturated carbocycles. The number of nitrogens with zero attached hydrogens (tertiary/aromatic N) is 5. The highest BCUT2D eigenvalue weighted by molar-refractivity contribution is 5.87. The Balaban J connectivity index is 0.000000396. The molecule has 11 heteroatoms. The number of hydrogen-bond donors (Lipinski definition) is 1. The van der Waals surface area contributed by atoms with Crippen molar-refractivity contribution >= 4 is 17.7 Å². The Morgan fingerprint density at radius 1 is 1.13 bits per heavy atom. The maximum atomic E-state index is 13.1. The van der Waals surface area contributed by atoms with Crippen LogP contribution in [0.15, 0.2) is 12.1 Å². The summed E-state index contributed by atoms with van der Waals surface area (Å²) in [5.74, 6) is -1.54. The van der Waals surface area contributed by atoms with Crippen molar-refractivity contribution in [3.63, 3.8) is 0 Å². The van der Waals surface area contributed by atoms with Gasteiger partial charge in [0.05, 0.1) is 5.69 Å². The molecule has 3 heterocycles. The van der Waals surface area contributed by atoms with Gasteiger partial charge in [0.2, 0.25) is 5.91 Å². The van der Waals surface area contributed by atoms with Crippen LogP contribution in [0.2, 0.25) is 0 Å². The Kier molecular flexibility index (Phi) is 7.27. The van der Waals surface area contributed by atoms with Crippen molar-refractivity contribution < 1.29 is 27.9 Å². The van der Waals surface area contributed by atoms with E-state index >= 15 is 0 Å². The number of piperidine rings is 1. The number of aryl methyl sites for hydroxylation is 1. The Labute approximate surface area is 173 Å². The molecule has 3 rings (SSSR count). The van der Waals surface area contributed by atoms with Gasteiger partial charge in [-0.3, -0.25) is 9.69 Å². The maximum Gasteiger partial charge on any atom is 0.490 e. The van der Waals surface area contributed by atoms with Crippen LogP contribution in [-0.4, -0.2) is 88.0 Å². The molecule has 2 aliphatic heterocycles. The number of carboxylic acid groups (broad SMARTS) is 1. The molecule has 1 spiro atoms. The summed E-state index contributed by atoms with van der Waals surface area (Å²) in [6, 6.07) is 4.28. The molecule has 0 atom stereocenters. The number of likely N-dealkylation sites (N-methyl/N-ethyl adjacent to an activating group) is 1. The molecule has 1 aromatic rings. The van der Waals surface area contributed by atoms with E-state index in [2.05, 4.69) is 40.9 Å². The van der Waals surface area contributed by atoms with Crippen LogP contribution < -0.4 is 4.90 Å². The largest absolute Gasteiger partial charge is 0.490 e. The molecule has 0 aromatic carbocycles. The Morgan fingerprint density at radius 3 is 2.13 bits per heavy atom. The summed E-state index contributed by atoms with van der Waals surface area (Å²) >= 11 is 0. The van der Waals surface area contributed by atoms with Crippen LogP contribution in [0.1, 0.15) is 32.4 Å². The van der Waals surface area contributed by atoms with Gasteiger partial charge in [0.1, 0.15) is 5.54 Å². The number of rotatable bonds is 2. The number of amides is 1. The number of aliphatic carboxylic acids is 1. The van der Waals surface area contributed by atoms with Crippen molar-refractivity contribution in [2.24, 2.45) is 0 Å². The predicted octanol–water partition coefficient (Wildman–Crippen LogP) is 1.94. The molecule has 2 saturated heterocycles. The van der Waals surface area contributed by atoms with E-state index in [1.807, 2.05) is 24.0 Å². The molecule has 0 unspecified atom stereocenters. The lowest BCUT2D eigenvalue weighted by atomic mass is 9.82. The van der Waals surface area contributed by atoms with Gasteiger partial charge in [-0.1, -0.05) is 0 Å². The fourth-order valence-corrected chi connectivity index (χ4v) is 3.76. The van der Waals surface area contributed by atoms with Crippen LogP contribution in [0, 0.1) is 6.92 Å². The summed E-state index contributed by atoms with van der Waals surface area (Å²) in [4.78, 5) is 28.5. The Bertz CT molecular complexity index is 747. The van der Waals surface area contributed by atoms with E-state index in [4.69, 9.17) is 9.90 Å². The standard InChI is InChI=1S/C17H27N5O.C2HF3O2/c1-13(2)22-12-11-20(4)17(16(22)23)7-9-21(10-8-17)15-6-5-14(3)18-19-15;3-2(4,5)1(6)7/h5-6,13H,7-12H2,1-4H3;(H,6,7). The number of carboxylic acids is 1. The summed E-state index contributed by atoms with van der Waals surface area (Å²) in [5.41, 5.74) is 0.592. The van der Waals surface area contributed by atoms with Gasteiger partial charge < -0.3 is 14.9 Å². The first-order chi connectivity index (χ1) is 13.9. The molecular weight excluding hydrogens is 403 g/mol. The first-order valence-corrected chi connectivity index (χ1v) is 9.76. The number of aromatic nitrogens is 2. The predicted molar refractivity (Wildman–Crippen MR) is 104 cm³/mol. The molecule has 2 aliphatic rings. The molecule has 1 N–H and O–H groups in total. The van der Waals surface area contributed by atoms with Crippen molar-refractivity contribution in [2.75, 3.05) is 38.1 Å². The number of alkyl halides is 3. The lowest BCUT2D eigenvalue weighted by Crippen LogP contribution is -2.68. The lowest BCUT2D eigenvalue weighted by Gasteiger charge is -2.52. The molecular formula is C19H28F3N5O3. The second kappa shape index (κ2) is 9.15. The number of halogens is 3. The van der Waals surface area contributed by atoms with Gasteiger partial charge in [0.15, 0.2) is 5.82 Å². The van der Waals surface area contributed by atoms with Crippen LogP contribution >= 0.6 is 0 Å². The fraction of sp³-hybridized carbons (Fsp3) is 0.684. The van der Waals surface area contributed by atoms with Gasteiger partial charge in [-0.05, 0) is 52.8 Å². The van der Waals surface area contributed by atoms with Gasteiger partial charge in [-0.25, -0.2) is 4.79 Å². The average Bonchev–Trinajstić information content (AvgIpc) is 2.67. The summed E-state index contributed by atoms with van der Waals surface area (Å²) < 4.78 is 31.7. The van der Waals surface area contributed by atoms with E-state index < -0.39 is 12.1 Å². The molecule has 0 bridgehead atoms. The zero-order chi connectivity index (χ0) is 22.7. The van der Waals surface area contributed by atoms with Crippen LogP contribution in [0.5, 0.6) is 0 Å². The monoisotopic (exact) mass is 431 g/mol. The maximum absolute atomic E-state index is 13.1. The third-order valence-electron chi connectivity index (χ3n) is 5.63. The fourth-order valence-electron chi connectivity index (χ4n) is 3.76. The molecule has 1 amide bonds. The number of carbonyl (C=O) groups excluding carboxylic acids is 1. The zero-order valence-corrected chi connectivity index (χ0v) is 17.6. The van der Waals surface area contributed by atoms with Crippen molar-refractivity contribution in [3.8, 4) is 0 Å². The van der Waals surface area contributed by atoms with E-state index in [1.165, 1.54) is 0 Å². The van der Waals surface area contributed by atoms with Crippen LogP contribution in [0.25, 0.3) is 0 Å². The molecule has 0 radical (unpaired) electrons. The zero-order valence-electron chi connectivity index (χ0n) is 17.6. The van der Waals surface area contributed by atoms with Crippen molar-refractivity contribution in [3.05, 3.63) is 17.8 Å². The summed E-state index contributed by atoms with van der Waals surface area (Å²) in [7, 11) is 2.09. The molecule has 2 fully saturated rings. The first-order valence-electron chi connectivity index (χ1n) is 9.76. The smallest absolute Gasteiger partial charge is 0.475 e. The highest BCUT2D eigenvalue weighted by Crippen LogP contribution is 2.34. The third-order valence-corrected chi connectivity index (χ3v) is 5.63. The molecule has 30 heavy (non-hydrogen) atoms. The van der Waals surface area contributed by atoms with Crippen molar-refractivity contribution in [2.45, 2.75) is 51.4 Å². The Morgan fingerprint density at radius 2 is 1.70 bits per heavy atom. The highest BCUT2D eigenvalue weighted by Gasteiger charge is 2.49. The minimum atomic E-state index is -5.08. The van der Waals surface area contributed by atoms with Gasteiger partial charge in [-0.15, -0.1) is 5.10 Å². The molecule has 1 aromatic heterocycles. The molecule has 168 valence electrons. The van der Waals surface area contributed by atoms with E-state index in [9.17, 15) is 18.0 Å².